The van der Waals surface area contributed by atoms with Crippen LogP contribution in [0.5, 0.6) is 0 Å². The standard InChI is InChI=1S/C10H11NO2S/c1-3-6-11-9(10(12)13-2)8-5-4-7-14-8/h1,4-5,7,9,11H,6H2,2H3. The Balaban J connectivity index is 2.73. The van der Waals surface area contributed by atoms with Gasteiger partial charge in [0.2, 0.25) is 0 Å². The van der Waals surface area contributed by atoms with Crippen molar-refractivity contribution in [1.29, 1.82) is 0 Å². The summed E-state index contributed by atoms with van der Waals surface area (Å²) in [5.41, 5.74) is 0. The fourth-order valence-corrected chi connectivity index (χ4v) is 1.82. The molecule has 14 heavy (non-hydrogen) atoms. The topological polar surface area (TPSA) is 38.3 Å². The maximum Gasteiger partial charge on any atom is 0.328 e. The van der Waals surface area contributed by atoms with Crippen LogP contribution >= 0.6 is 11.3 Å². The van der Waals surface area contributed by atoms with Crippen molar-refractivity contribution >= 4 is 17.3 Å². The molecule has 3 nitrogen and oxygen atoms in total. The highest BCUT2D eigenvalue weighted by Gasteiger charge is 2.20. The molecule has 0 saturated carbocycles. The second-order valence-corrected chi connectivity index (χ2v) is 3.54. The van der Waals surface area contributed by atoms with E-state index in [4.69, 9.17) is 6.42 Å². The van der Waals surface area contributed by atoms with Crippen molar-refractivity contribution in [1.82, 2.24) is 5.32 Å². The van der Waals surface area contributed by atoms with Crippen LogP contribution in [0.4, 0.5) is 0 Å². The quantitative estimate of drug-likeness (QED) is 0.598. The lowest BCUT2D eigenvalue weighted by Gasteiger charge is -2.12. The van der Waals surface area contributed by atoms with Crippen molar-refractivity contribution in [3.05, 3.63) is 22.4 Å². The number of carbonyl (C=O) groups is 1. The van der Waals surface area contributed by atoms with Crippen molar-refractivity contribution in [2.45, 2.75) is 6.04 Å². The number of methoxy groups -OCH3 is 1. The molecule has 0 bridgehead atoms. The number of hydrogen-bond acceptors (Lipinski definition) is 4. The lowest BCUT2D eigenvalue weighted by molar-refractivity contribution is -0.143. The van der Waals surface area contributed by atoms with E-state index < -0.39 is 6.04 Å². The highest BCUT2D eigenvalue weighted by Crippen LogP contribution is 2.19. The Morgan fingerprint density at radius 2 is 2.64 bits per heavy atom. The SMILES string of the molecule is C#CCNC(C(=O)OC)c1cccs1. The summed E-state index contributed by atoms with van der Waals surface area (Å²) < 4.78 is 4.67. The first-order chi connectivity index (χ1) is 6.79. The monoisotopic (exact) mass is 209 g/mol. The van der Waals surface area contributed by atoms with Gasteiger partial charge in [0.05, 0.1) is 13.7 Å². The highest BCUT2D eigenvalue weighted by molar-refractivity contribution is 7.10. The number of rotatable bonds is 4. The van der Waals surface area contributed by atoms with E-state index in [1.807, 2.05) is 17.5 Å². The highest BCUT2D eigenvalue weighted by atomic mass is 32.1. The average molecular weight is 209 g/mol. The van der Waals surface area contributed by atoms with Crippen molar-refractivity contribution in [3.63, 3.8) is 0 Å². The van der Waals surface area contributed by atoms with Crippen LogP contribution in [-0.2, 0) is 9.53 Å². The minimum absolute atomic E-state index is 0.317. The molecule has 1 heterocycles. The Morgan fingerprint density at radius 3 is 3.14 bits per heavy atom. The molecule has 1 unspecified atom stereocenters. The van der Waals surface area contributed by atoms with Crippen molar-refractivity contribution in [2.75, 3.05) is 13.7 Å². The first kappa shape index (κ1) is 10.8. The summed E-state index contributed by atoms with van der Waals surface area (Å²) in [6, 6.07) is 3.31. The van der Waals surface area contributed by atoms with Gasteiger partial charge in [-0.3, -0.25) is 5.32 Å². The normalized spacial score (nSPS) is 11.7. The van der Waals surface area contributed by atoms with Crippen molar-refractivity contribution in [2.24, 2.45) is 0 Å². The summed E-state index contributed by atoms with van der Waals surface area (Å²) >= 11 is 1.49. The molecule has 0 aliphatic rings. The van der Waals surface area contributed by atoms with Crippen LogP contribution in [0, 0.1) is 12.3 Å². The average Bonchev–Trinajstić information content (AvgIpc) is 2.71. The summed E-state index contributed by atoms with van der Waals surface area (Å²) in [6.07, 6.45) is 5.11. The molecule has 0 aromatic carbocycles. The maximum atomic E-state index is 11.4. The Hall–Kier alpha value is -1.31. The maximum absolute atomic E-state index is 11.4. The third-order valence-corrected chi connectivity index (χ3v) is 2.61. The van der Waals surface area contributed by atoms with Crippen LogP contribution in [0.25, 0.3) is 0 Å². The van der Waals surface area contributed by atoms with E-state index in [-0.39, 0.29) is 5.97 Å². The molecule has 0 aliphatic carbocycles. The number of esters is 1. The molecule has 74 valence electrons. The van der Waals surface area contributed by atoms with Crippen LogP contribution in [0.15, 0.2) is 17.5 Å². The molecule has 1 aromatic rings. The first-order valence-electron chi connectivity index (χ1n) is 4.07. The zero-order valence-corrected chi connectivity index (χ0v) is 8.64. The lowest BCUT2D eigenvalue weighted by Crippen LogP contribution is -2.29. The number of thiophene rings is 1. The van der Waals surface area contributed by atoms with Crippen LogP contribution in [0.3, 0.4) is 0 Å². The summed E-state index contributed by atoms with van der Waals surface area (Å²) in [5, 5.41) is 4.83. The number of terminal acetylenes is 1. The number of hydrogen-bond donors (Lipinski definition) is 1. The van der Waals surface area contributed by atoms with E-state index in [2.05, 4.69) is 16.0 Å². The van der Waals surface area contributed by atoms with Gasteiger partial charge in [0.1, 0.15) is 6.04 Å². The third-order valence-electron chi connectivity index (χ3n) is 1.67. The van der Waals surface area contributed by atoms with Crippen LogP contribution in [0.1, 0.15) is 10.9 Å². The minimum Gasteiger partial charge on any atom is -0.468 e. The lowest BCUT2D eigenvalue weighted by atomic mass is 10.2. The minimum atomic E-state index is -0.448. The van der Waals surface area contributed by atoms with Crippen LogP contribution in [0.2, 0.25) is 0 Å². The molecule has 1 aromatic heterocycles. The van der Waals surface area contributed by atoms with Gasteiger partial charge in [-0.25, -0.2) is 4.79 Å². The van der Waals surface area contributed by atoms with Gasteiger partial charge >= 0.3 is 5.97 Å². The fourth-order valence-electron chi connectivity index (χ4n) is 1.03. The Morgan fingerprint density at radius 1 is 1.86 bits per heavy atom. The van der Waals surface area contributed by atoms with Gasteiger partial charge in [0.15, 0.2) is 0 Å². The van der Waals surface area contributed by atoms with Crippen molar-refractivity contribution in [3.8, 4) is 12.3 Å². The van der Waals surface area contributed by atoms with Gasteiger partial charge in [-0.2, -0.15) is 0 Å². The zero-order chi connectivity index (χ0) is 10.4. The summed E-state index contributed by atoms with van der Waals surface area (Å²) in [6.45, 7) is 0.345. The van der Waals surface area contributed by atoms with Gasteiger partial charge in [-0.1, -0.05) is 12.0 Å². The van der Waals surface area contributed by atoms with Crippen LogP contribution < -0.4 is 5.32 Å². The Bertz CT molecular complexity index is 326. The zero-order valence-electron chi connectivity index (χ0n) is 7.82. The largest absolute Gasteiger partial charge is 0.468 e. The van der Waals surface area contributed by atoms with Gasteiger partial charge < -0.3 is 4.74 Å². The van der Waals surface area contributed by atoms with Gasteiger partial charge in [-0.05, 0) is 11.4 Å². The molecule has 4 heteroatoms. The van der Waals surface area contributed by atoms with E-state index in [1.54, 1.807) is 0 Å². The molecule has 0 saturated heterocycles. The number of carbonyl (C=O) groups excluding carboxylic acids is 1. The molecule has 1 atom stereocenters. The van der Waals surface area contributed by atoms with Gasteiger partial charge in [0, 0.05) is 4.88 Å². The fraction of sp³-hybridized carbons (Fsp3) is 0.300. The van der Waals surface area contributed by atoms with Gasteiger partial charge in [0.25, 0.3) is 0 Å². The summed E-state index contributed by atoms with van der Waals surface area (Å²) in [5.74, 6) is 2.11. The smallest absolute Gasteiger partial charge is 0.328 e. The molecule has 0 radical (unpaired) electrons. The second kappa shape index (κ2) is 5.43. The number of ether oxygens (including phenoxy) is 1. The van der Waals surface area contributed by atoms with Crippen molar-refractivity contribution < 1.29 is 9.53 Å². The molecule has 1 rings (SSSR count). The van der Waals surface area contributed by atoms with E-state index >= 15 is 0 Å². The molecule has 0 fully saturated rings. The van der Waals surface area contributed by atoms with Crippen LogP contribution in [-0.4, -0.2) is 19.6 Å². The molecule has 0 spiro atoms. The summed E-state index contributed by atoms with van der Waals surface area (Å²) in [7, 11) is 1.36. The van der Waals surface area contributed by atoms with E-state index in [9.17, 15) is 4.79 Å². The second-order valence-electron chi connectivity index (χ2n) is 2.56. The molecular weight excluding hydrogens is 198 g/mol. The predicted octanol–water partition coefficient (Wildman–Crippen LogP) is 1.18. The Labute approximate surface area is 87.1 Å². The van der Waals surface area contributed by atoms with Gasteiger partial charge in [-0.15, -0.1) is 17.8 Å². The molecule has 1 N–H and O–H groups in total. The van der Waals surface area contributed by atoms with E-state index in [0.717, 1.165) is 4.88 Å². The number of nitrogens with one attached hydrogen (secondary N) is 1. The first-order valence-corrected chi connectivity index (χ1v) is 4.95. The third kappa shape index (κ3) is 2.59. The summed E-state index contributed by atoms with van der Waals surface area (Å²) in [4.78, 5) is 12.3. The predicted molar refractivity (Wildman–Crippen MR) is 55.9 cm³/mol. The van der Waals surface area contributed by atoms with E-state index in [1.165, 1.54) is 18.4 Å². The van der Waals surface area contributed by atoms with E-state index in [0.29, 0.717) is 6.54 Å². The molecule has 0 amide bonds. The molecular formula is C10H11NO2S. The molecule has 0 aliphatic heterocycles. The Kier molecular flexibility index (Phi) is 4.17.